The van der Waals surface area contributed by atoms with E-state index < -0.39 is 5.97 Å². The van der Waals surface area contributed by atoms with Crippen molar-refractivity contribution in [2.45, 2.75) is 30.8 Å². The molecule has 0 spiro atoms. The van der Waals surface area contributed by atoms with Gasteiger partial charge in [-0.3, -0.25) is 19.7 Å². The standard InChI is InChI=1S/C25H25ClN4O2S/c26-20-5-4-17(22(9-20)16-2-3-16)14-30-23-6-1-15(7-18(23)10-28-30)8-21-11-27-25(33-21)29-12-19(13-29)24(31)32/h1,4-10,16,19,25,27H,2-3,11-14H2,(H,31,32). The normalized spacial score (nSPS) is 22.8. The summed E-state index contributed by atoms with van der Waals surface area (Å²) >= 11 is 8.03. The maximum atomic E-state index is 11.0. The summed E-state index contributed by atoms with van der Waals surface area (Å²) in [6.45, 7) is 2.80. The van der Waals surface area contributed by atoms with Crippen LogP contribution in [0.1, 0.15) is 35.4 Å². The molecule has 3 aromatic rings. The van der Waals surface area contributed by atoms with Crippen LogP contribution in [0.25, 0.3) is 17.0 Å². The van der Waals surface area contributed by atoms with Gasteiger partial charge in [0.2, 0.25) is 0 Å². The molecule has 33 heavy (non-hydrogen) atoms. The maximum Gasteiger partial charge on any atom is 0.309 e. The third-order valence-corrected chi connectivity index (χ3v) is 8.23. The number of hydrogen-bond acceptors (Lipinski definition) is 5. The van der Waals surface area contributed by atoms with Gasteiger partial charge in [-0.1, -0.05) is 35.5 Å². The first-order chi connectivity index (χ1) is 16.0. The van der Waals surface area contributed by atoms with Gasteiger partial charge in [-0.15, -0.1) is 0 Å². The van der Waals surface area contributed by atoms with E-state index in [-0.39, 0.29) is 11.4 Å². The van der Waals surface area contributed by atoms with Gasteiger partial charge in [-0.2, -0.15) is 5.10 Å². The van der Waals surface area contributed by atoms with Gasteiger partial charge in [0.15, 0.2) is 0 Å². The molecule has 3 aliphatic rings. The smallest absolute Gasteiger partial charge is 0.309 e. The Balaban J connectivity index is 1.16. The van der Waals surface area contributed by atoms with Crippen molar-refractivity contribution in [2.75, 3.05) is 19.6 Å². The van der Waals surface area contributed by atoms with Gasteiger partial charge < -0.3 is 5.11 Å². The first kappa shape index (κ1) is 21.2. The number of carbonyl (C=O) groups is 1. The average Bonchev–Trinajstić information content (AvgIpc) is 3.39. The summed E-state index contributed by atoms with van der Waals surface area (Å²) in [7, 11) is 0. The number of thioether (sulfide) groups is 1. The number of aliphatic carboxylic acids is 1. The van der Waals surface area contributed by atoms with E-state index in [4.69, 9.17) is 16.7 Å². The first-order valence-electron chi connectivity index (χ1n) is 11.3. The van der Waals surface area contributed by atoms with Crippen LogP contribution in [0.15, 0.2) is 47.5 Å². The van der Waals surface area contributed by atoms with Crippen molar-refractivity contribution in [2.24, 2.45) is 5.92 Å². The van der Waals surface area contributed by atoms with E-state index in [1.54, 1.807) is 11.8 Å². The van der Waals surface area contributed by atoms with Gasteiger partial charge in [-0.05, 0) is 65.8 Å². The predicted octanol–water partition coefficient (Wildman–Crippen LogP) is 4.59. The van der Waals surface area contributed by atoms with Gasteiger partial charge in [0.05, 0.1) is 24.2 Å². The fourth-order valence-electron chi connectivity index (χ4n) is 4.72. The van der Waals surface area contributed by atoms with E-state index in [0.717, 1.165) is 34.6 Å². The fourth-order valence-corrected chi connectivity index (χ4v) is 6.04. The number of likely N-dealkylation sites (tertiary alicyclic amines) is 1. The van der Waals surface area contributed by atoms with Crippen LogP contribution >= 0.6 is 23.4 Å². The molecule has 1 aromatic heterocycles. The molecule has 3 heterocycles. The van der Waals surface area contributed by atoms with E-state index >= 15 is 0 Å². The lowest BCUT2D eigenvalue weighted by atomic mass is 10.0. The summed E-state index contributed by atoms with van der Waals surface area (Å²) in [4.78, 5) is 14.5. The summed E-state index contributed by atoms with van der Waals surface area (Å²) in [5.41, 5.74) is 5.12. The fraction of sp³-hybridized carbons (Fsp3) is 0.360. The Bertz CT molecular complexity index is 1260. The number of rotatable bonds is 6. The minimum absolute atomic E-state index is 0.165. The molecule has 8 heteroatoms. The quantitative estimate of drug-likeness (QED) is 0.537. The van der Waals surface area contributed by atoms with Crippen LogP contribution in [-0.2, 0) is 11.3 Å². The molecular formula is C25H25ClN4O2S. The molecule has 1 atom stereocenters. The number of nitrogens with zero attached hydrogens (tertiary/aromatic N) is 3. The highest BCUT2D eigenvalue weighted by molar-refractivity contribution is 8.04. The second-order valence-electron chi connectivity index (χ2n) is 9.19. The van der Waals surface area contributed by atoms with E-state index in [1.165, 1.54) is 28.9 Å². The zero-order valence-corrected chi connectivity index (χ0v) is 19.6. The number of fused-ring (bicyclic) bond motifs is 1. The Morgan fingerprint density at radius 2 is 2.09 bits per heavy atom. The number of carboxylic acids is 1. The molecule has 0 radical (unpaired) electrons. The zero-order chi connectivity index (χ0) is 22.5. The monoisotopic (exact) mass is 480 g/mol. The highest BCUT2D eigenvalue weighted by atomic mass is 35.5. The van der Waals surface area contributed by atoms with Crippen LogP contribution in [0.2, 0.25) is 5.02 Å². The van der Waals surface area contributed by atoms with Crippen LogP contribution < -0.4 is 5.32 Å². The molecule has 170 valence electrons. The lowest BCUT2D eigenvalue weighted by molar-refractivity contribution is -0.148. The van der Waals surface area contributed by atoms with E-state index in [9.17, 15) is 4.79 Å². The van der Waals surface area contributed by atoms with Crippen molar-refractivity contribution in [3.8, 4) is 0 Å². The molecule has 6 nitrogen and oxygen atoms in total. The van der Waals surface area contributed by atoms with E-state index in [2.05, 4.69) is 56.4 Å². The molecule has 0 amide bonds. The first-order valence-corrected chi connectivity index (χ1v) is 12.6. The van der Waals surface area contributed by atoms with Gasteiger partial charge >= 0.3 is 5.97 Å². The van der Waals surface area contributed by atoms with Crippen molar-refractivity contribution in [1.82, 2.24) is 20.0 Å². The number of hydrogen-bond donors (Lipinski definition) is 2. The van der Waals surface area contributed by atoms with E-state index in [0.29, 0.717) is 19.0 Å². The Kier molecular flexibility index (Phi) is 5.45. The summed E-state index contributed by atoms with van der Waals surface area (Å²) in [5.74, 6) is -0.280. The van der Waals surface area contributed by atoms with Crippen LogP contribution in [0, 0.1) is 5.92 Å². The molecule has 2 aliphatic heterocycles. The SMILES string of the molecule is O=C(O)C1CN(C2NCC(=Cc3ccc4c(cnn4Cc4ccc(Cl)cc4C4CC4)c3)S2)C1. The Morgan fingerprint density at radius 3 is 2.88 bits per heavy atom. The molecular weight excluding hydrogens is 456 g/mol. The van der Waals surface area contributed by atoms with Gasteiger partial charge in [-0.25, -0.2) is 0 Å². The summed E-state index contributed by atoms with van der Waals surface area (Å²) in [5, 5.41) is 19.2. The predicted molar refractivity (Wildman–Crippen MR) is 132 cm³/mol. The number of nitrogens with one attached hydrogen (secondary N) is 1. The second-order valence-corrected chi connectivity index (χ2v) is 10.8. The lowest BCUT2D eigenvalue weighted by Crippen LogP contribution is -2.56. The molecule has 6 rings (SSSR count). The number of benzene rings is 2. The minimum Gasteiger partial charge on any atom is -0.481 e. The van der Waals surface area contributed by atoms with Gasteiger partial charge in [0.25, 0.3) is 0 Å². The summed E-state index contributed by atoms with van der Waals surface area (Å²) < 4.78 is 2.08. The molecule has 2 aromatic carbocycles. The number of aromatic nitrogens is 2. The molecule has 2 saturated heterocycles. The molecule has 0 bridgehead atoms. The van der Waals surface area contributed by atoms with Gasteiger partial charge in [0.1, 0.15) is 5.50 Å². The van der Waals surface area contributed by atoms with Crippen molar-refractivity contribution in [3.63, 3.8) is 0 Å². The van der Waals surface area contributed by atoms with Crippen molar-refractivity contribution < 1.29 is 9.90 Å². The van der Waals surface area contributed by atoms with Crippen LogP contribution in [0.5, 0.6) is 0 Å². The largest absolute Gasteiger partial charge is 0.481 e. The highest BCUT2D eigenvalue weighted by Crippen LogP contribution is 2.43. The topological polar surface area (TPSA) is 70.4 Å². The third kappa shape index (κ3) is 4.30. The maximum absolute atomic E-state index is 11.0. The number of halogens is 1. The molecule has 2 N–H and O–H groups in total. The minimum atomic E-state index is -0.696. The number of carboxylic acid groups (broad SMARTS) is 1. The molecule has 3 fully saturated rings. The second kappa shape index (κ2) is 8.47. The third-order valence-electron chi connectivity index (χ3n) is 6.74. The Hall–Kier alpha value is -2.32. The van der Waals surface area contributed by atoms with Crippen LogP contribution in [0.3, 0.4) is 0 Å². The molecule has 1 saturated carbocycles. The summed E-state index contributed by atoms with van der Waals surface area (Å²) in [6.07, 6.45) is 6.65. The highest BCUT2D eigenvalue weighted by Gasteiger charge is 2.38. The van der Waals surface area contributed by atoms with Crippen molar-refractivity contribution in [3.05, 3.63) is 69.2 Å². The zero-order valence-electron chi connectivity index (χ0n) is 18.1. The Labute approximate surface area is 201 Å². The van der Waals surface area contributed by atoms with E-state index in [1.807, 2.05) is 12.3 Å². The lowest BCUT2D eigenvalue weighted by Gasteiger charge is -2.40. The Morgan fingerprint density at radius 1 is 1.24 bits per heavy atom. The van der Waals surface area contributed by atoms with Crippen molar-refractivity contribution >= 4 is 46.3 Å². The molecule has 1 unspecified atom stereocenters. The van der Waals surface area contributed by atoms with Crippen LogP contribution in [-0.4, -0.2) is 50.9 Å². The summed E-state index contributed by atoms with van der Waals surface area (Å²) in [6, 6.07) is 12.7. The van der Waals surface area contributed by atoms with Gasteiger partial charge in [0, 0.05) is 34.9 Å². The van der Waals surface area contributed by atoms with Crippen molar-refractivity contribution in [1.29, 1.82) is 0 Å². The average molecular weight is 481 g/mol. The molecule has 1 aliphatic carbocycles. The van der Waals surface area contributed by atoms with Crippen LogP contribution in [0.4, 0.5) is 0 Å².